The Bertz CT molecular complexity index is 911. The van der Waals surface area contributed by atoms with Crippen molar-refractivity contribution in [2.75, 3.05) is 0 Å². The Morgan fingerprint density at radius 3 is 2.60 bits per heavy atom. The monoisotopic (exact) mass is 364 g/mol. The van der Waals surface area contributed by atoms with Crippen molar-refractivity contribution in [3.05, 3.63) is 64.9 Å². The number of imidazole rings is 1. The lowest BCUT2D eigenvalue weighted by molar-refractivity contribution is -0.148. The molecule has 0 bridgehead atoms. The summed E-state index contributed by atoms with van der Waals surface area (Å²) in [5.41, 5.74) is 1.33. The topological polar surface area (TPSA) is 44.1 Å². The molecule has 130 valence electrons. The zero-order valence-corrected chi connectivity index (χ0v) is 14.1. The average molecular weight is 365 g/mol. The molecule has 0 saturated carbocycles. The van der Waals surface area contributed by atoms with Crippen LogP contribution < -0.4 is 0 Å². The van der Waals surface area contributed by atoms with E-state index >= 15 is 0 Å². The van der Waals surface area contributed by atoms with Crippen molar-refractivity contribution in [3.8, 4) is 0 Å². The standard InChI is InChI=1S/C18H15ClF2N2O2/c1-11(25-16(24)10-12-6-2-3-7-13(12)19)17-22-14-8-4-5-9-15(14)23(17)18(20)21/h2-9,11,18H,10H2,1H3. The van der Waals surface area contributed by atoms with Crippen LogP contribution in [-0.4, -0.2) is 15.5 Å². The Hall–Kier alpha value is -2.47. The van der Waals surface area contributed by atoms with Gasteiger partial charge in [0.25, 0.3) is 0 Å². The molecule has 0 spiro atoms. The van der Waals surface area contributed by atoms with Gasteiger partial charge in [0.1, 0.15) is 0 Å². The summed E-state index contributed by atoms with van der Waals surface area (Å²) in [6.07, 6.45) is -0.963. The molecule has 4 nitrogen and oxygen atoms in total. The van der Waals surface area contributed by atoms with Crippen LogP contribution in [0.25, 0.3) is 11.0 Å². The van der Waals surface area contributed by atoms with Crippen LogP contribution in [0.3, 0.4) is 0 Å². The fraction of sp³-hybridized carbons (Fsp3) is 0.222. The maximum absolute atomic E-state index is 13.5. The normalized spacial score (nSPS) is 12.5. The predicted octanol–water partition coefficient (Wildman–Crippen LogP) is 4.93. The van der Waals surface area contributed by atoms with Crippen LogP contribution >= 0.6 is 11.6 Å². The molecule has 1 atom stereocenters. The van der Waals surface area contributed by atoms with E-state index < -0.39 is 18.6 Å². The number of hydrogen-bond acceptors (Lipinski definition) is 3. The molecule has 0 aliphatic rings. The van der Waals surface area contributed by atoms with Crippen molar-refractivity contribution < 1.29 is 18.3 Å². The highest BCUT2D eigenvalue weighted by atomic mass is 35.5. The Morgan fingerprint density at radius 2 is 1.88 bits per heavy atom. The van der Waals surface area contributed by atoms with Crippen LogP contribution in [0.5, 0.6) is 0 Å². The first-order chi connectivity index (χ1) is 12.0. The molecule has 0 aliphatic carbocycles. The van der Waals surface area contributed by atoms with Crippen LogP contribution in [0, 0.1) is 0 Å². The second kappa shape index (κ2) is 7.19. The number of hydrogen-bond donors (Lipinski definition) is 0. The first-order valence-corrected chi connectivity index (χ1v) is 8.03. The van der Waals surface area contributed by atoms with Gasteiger partial charge < -0.3 is 4.74 Å². The third-order valence-corrected chi connectivity index (χ3v) is 4.15. The van der Waals surface area contributed by atoms with Gasteiger partial charge in [0.15, 0.2) is 11.9 Å². The Morgan fingerprint density at radius 1 is 1.20 bits per heavy atom. The van der Waals surface area contributed by atoms with Crippen molar-refractivity contribution >= 4 is 28.6 Å². The number of carbonyl (C=O) groups is 1. The maximum Gasteiger partial charge on any atom is 0.320 e. The third kappa shape index (κ3) is 3.64. The SMILES string of the molecule is CC(OC(=O)Cc1ccccc1Cl)c1nc2ccccc2n1C(F)F. The maximum atomic E-state index is 13.5. The van der Waals surface area contributed by atoms with Crippen molar-refractivity contribution in [1.29, 1.82) is 0 Å². The highest BCUT2D eigenvalue weighted by Crippen LogP contribution is 2.28. The summed E-state index contributed by atoms with van der Waals surface area (Å²) >= 11 is 6.02. The van der Waals surface area contributed by atoms with E-state index in [9.17, 15) is 13.6 Å². The Kier molecular flexibility index (Phi) is 4.99. The molecule has 0 amide bonds. The summed E-state index contributed by atoms with van der Waals surface area (Å²) in [6, 6.07) is 13.4. The summed E-state index contributed by atoms with van der Waals surface area (Å²) in [4.78, 5) is 16.3. The van der Waals surface area contributed by atoms with E-state index in [1.807, 2.05) is 0 Å². The van der Waals surface area contributed by atoms with Gasteiger partial charge in [-0.05, 0) is 30.7 Å². The molecule has 7 heteroatoms. The van der Waals surface area contributed by atoms with Crippen molar-refractivity contribution in [2.24, 2.45) is 0 Å². The number of fused-ring (bicyclic) bond motifs is 1. The van der Waals surface area contributed by atoms with Crippen LogP contribution in [0.1, 0.15) is 31.0 Å². The number of aromatic nitrogens is 2. The minimum Gasteiger partial charge on any atom is -0.454 e. The van der Waals surface area contributed by atoms with Gasteiger partial charge in [0.2, 0.25) is 0 Å². The number of ether oxygens (including phenoxy) is 1. The van der Waals surface area contributed by atoms with Crippen LogP contribution in [0.15, 0.2) is 48.5 Å². The minimum absolute atomic E-state index is 0.00343. The number of nitrogens with zero attached hydrogens (tertiary/aromatic N) is 2. The molecule has 1 heterocycles. The van der Waals surface area contributed by atoms with Crippen molar-refractivity contribution in [2.45, 2.75) is 26.0 Å². The molecule has 3 aromatic rings. The summed E-state index contributed by atoms with van der Waals surface area (Å²) in [6.45, 7) is -1.27. The summed E-state index contributed by atoms with van der Waals surface area (Å²) in [5.74, 6) is -0.558. The van der Waals surface area contributed by atoms with E-state index in [1.54, 1.807) is 48.5 Å². The molecular weight excluding hydrogens is 350 g/mol. The van der Waals surface area contributed by atoms with Gasteiger partial charge in [-0.25, -0.2) is 4.98 Å². The lowest BCUT2D eigenvalue weighted by atomic mass is 10.1. The van der Waals surface area contributed by atoms with Crippen LogP contribution in [0.4, 0.5) is 8.78 Å². The fourth-order valence-electron chi connectivity index (χ4n) is 2.64. The van der Waals surface area contributed by atoms with Crippen LogP contribution in [-0.2, 0) is 16.0 Å². The smallest absolute Gasteiger partial charge is 0.320 e. The van der Waals surface area contributed by atoms with E-state index in [0.29, 0.717) is 21.6 Å². The van der Waals surface area contributed by atoms with Gasteiger partial charge in [-0.15, -0.1) is 0 Å². The van der Waals surface area contributed by atoms with E-state index in [1.165, 1.54) is 6.92 Å². The van der Waals surface area contributed by atoms with Gasteiger partial charge in [-0.3, -0.25) is 9.36 Å². The minimum atomic E-state index is -2.79. The molecule has 3 rings (SSSR count). The number of rotatable bonds is 5. The van der Waals surface area contributed by atoms with E-state index in [0.717, 1.165) is 4.57 Å². The number of esters is 1. The summed E-state index contributed by atoms with van der Waals surface area (Å²) < 4.78 is 33.0. The van der Waals surface area contributed by atoms with Crippen LogP contribution in [0.2, 0.25) is 5.02 Å². The molecule has 0 aliphatic heterocycles. The number of halogens is 3. The predicted molar refractivity (Wildman–Crippen MR) is 90.6 cm³/mol. The van der Waals surface area contributed by atoms with E-state index in [-0.39, 0.29) is 12.2 Å². The Labute approximate surface area is 148 Å². The fourth-order valence-corrected chi connectivity index (χ4v) is 2.85. The molecule has 2 aromatic carbocycles. The van der Waals surface area contributed by atoms with E-state index in [4.69, 9.17) is 16.3 Å². The molecule has 0 saturated heterocycles. The van der Waals surface area contributed by atoms with Gasteiger partial charge in [0, 0.05) is 5.02 Å². The molecule has 0 radical (unpaired) electrons. The van der Waals surface area contributed by atoms with Gasteiger partial charge in [0.05, 0.1) is 17.5 Å². The number of para-hydroxylation sites is 2. The lowest BCUT2D eigenvalue weighted by Crippen LogP contribution is -2.16. The largest absolute Gasteiger partial charge is 0.454 e. The molecule has 25 heavy (non-hydrogen) atoms. The second-order valence-corrected chi connectivity index (χ2v) is 5.91. The average Bonchev–Trinajstić information content (AvgIpc) is 2.96. The van der Waals surface area contributed by atoms with E-state index in [2.05, 4.69) is 4.98 Å². The van der Waals surface area contributed by atoms with Crippen molar-refractivity contribution in [3.63, 3.8) is 0 Å². The lowest BCUT2D eigenvalue weighted by Gasteiger charge is -2.15. The molecule has 1 unspecified atom stereocenters. The first kappa shape index (κ1) is 17.4. The highest BCUT2D eigenvalue weighted by molar-refractivity contribution is 6.31. The Balaban J connectivity index is 1.82. The van der Waals surface area contributed by atoms with Gasteiger partial charge in [-0.1, -0.05) is 41.9 Å². The summed E-state index contributed by atoms with van der Waals surface area (Å²) in [5, 5.41) is 0.451. The highest BCUT2D eigenvalue weighted by Gasteiger charge is 2.24. The third-order valence-electron chi connectivity index (χ3n) is 3.78. The number of alkyl halides is 2. The molecule has 1 aromatic heterocycles. The summed E-state index contributed by atoms with van der Waals surface area (Å²) in [7, 11) is 0. The van der Waals surface area contributed by atoms with Crippen molar-refractivity contribution in [1.82, 2.24) is 9.55 Å². The molecule has 0 N–H and O–H groups in total. The quantitative estimate of drug-likeness (QED) is 0.603. The zero-order chi connectivity index (χ0) is 18.0. The second-order valence-electron chi connectivity index (χ2n) is 5.51. The number of benzene rings is 2. The van der Waals surface area contributed by atoms with Gasteiger partial charge >= 0.3 is 12.5 Å². The van der Waals surface area contributed by atoms with Gasteiger partial charge in [-0.2, -0.15) is 8.78 Å². The zero-order valence-electron chi connectivity index (χ0n) is 13.3. The molecule has 0 fully saturated rings. The number of carbonyl (C=O) groups excluding carboxylic acids is 1. The first-order valence-electron chi connectivity index (χ1n) is 7.65. The molecular formula is C18H15ClF2N2O2.